The lowest BCUT2D eigenvalue weighted by Crippen LogP contribution is -2.22. The summed E-state index contributed by atoms with van der Waals surface area (Å²) in [6.45, 7) is 4.99. The summed E-state index contributed by atoms with van der Waals surface area (Å²) in [5, 5.41) is 0. The van der Waals surface area contributed by atoms with Gasteiger partial charge in [-0.15, -0.1) is 0 Å². The Hall–Kier alpha value is -0.830. The first-order valence-electron chi connectivity index (χ1n) is 4.22. The standard InChI is InChI=1S/C9H12O3/c1-6-2-3-11-8-5-12-9(10)7(8)4-6/h7-8H,1-5H2/t7-,8+/m1/s1. The molecule has 2 fully saturated rings. The van der Waals surface area contributed by atoms with Crippen molar-refractivity contribution in [1.82, 2.24) is 0 Å². The zero-order valence-corrected chi connectivity index (χ0v) is 6.91. The second kappa shape index (κ2) is 2.90. The maximum absolute atomic E-state index is 11.2. The molecule has 0 amide bonds. The topological polar surface area (TPSA) is 35.5 Å². The molecule has 0 unspecified atom stereocenters. The zero-order chi connectivity index (χ0) is 8.55. The number of carbonyl (C=O) groups excluding carboxylic acids is 1. The Labute approximate surface area is 71.3 Å². The fraction of sp³-hybridized carbons (Fsp3) is 0.667. The van der Waals surface area contributed by atoms with Gasteiger partial charge in [0.05, 0.1) is 12.5 Å². The molecule has 0 saturated carbocycles. The Morgan fingerprint density at radius 2 is 2.33 bits per heavy atom. The minimum Gasteiger partial charge on any atom is -0.463 e. The monoisotopic (exact) mass is 168 g/mol. The van der Waals surface area contributed by atoms with Gasteiger partial charge in [0.2, 0.25) is 0 Å². The Bertz CT molecular complexity index is 222. The van der Waals surface area contributed by atoms with Gasteiger partial charge in [0.1, 0.15) is 12.7 Å². The van der Waals surface area contributed by atoms with Crippen molar-refractivity contribution in [1.29, 1.82) is 0 Å². The second-order valence-corrected chi connectivity index (χ2v) is 3.35. The quantitative estimate of drug-likeness (QED) is 0.398. The molecule has 2 atom stereocenters. The summed E-state index contributed by atoms with van der Waals surface area (Å²) < 4.78 is 10.4. The van der Waals surface area contributed by atoms with E-state index in [1.54, 1.807) is 0 Å². The molecule has 0 radical (unpaired) electrons. The van der Waals surface area contributed by atoms with Crippen LogP contribution in [-0.4, -0.2) is 25.3 Å². The molecule has 2 aliphatic rings. The van der Waals surface area contributed by atoms with Crippen molar-refractivity contribution in [2.24, 2.45) is 5.92 Å². The number of cyclic esters (lactones) is 1. The van der Waals surface area contributed by atoms with E-state index < -0.39 is 0 Å². The van der Waals surface area contributed by atoms with E-state index in [1.807, 2.05) is 0 Å². The lowest BCUT2D eigenvalue weighted by molar-refractivity contribution is -0.141. The summed E-state index contributed by atoms with van der Waals surface area (Å²) in [5.74, 6) is -0.206. The van der Waals surface area contributed by atoms with Gasteiger partial charge >= 0.3 is 5.97 Å². The molecule has 66 valence electrons. The van der Waals surface area contributed by atoms with Crippen LogP contribution in [0, 0.1) is 5.92 Å². The number of esters is 1. The predicted octanol–water partition coefficient (Wildman–Crippen LogP) is 0.895. The first-order valence-corrected chi connectivity index (χ1v) is 4.22. The van der Waals surface area contributed by atoms with Crippen LogP contribution in [-0.2, 0) is 14.3 Å². The minimum atomic E-state index is -0.122. The fourth-order valence-corrected chi connectivity index (χ4v) is 1.69. The molecular weight excluding hydrogens is 156 g/mol. The van der Waals surface area contributed by atoms with Gasteiger partial charge in [-0.1, -0.05) is 12.2 Å². The van der Waals surface area contributed by atoms with Gasteiger partial charge in [0, 0.05) is 0 Å². The first kappa shape index (κ1) is 7.80. The van der Waals surface area contributed by atoms with Crippen LogP contribution >= 0.6 is 0 Å². The van der Waals surface area contributed by atoms with Crippen LogP contribution in [0.25, 0.3) is 0 Å². The molecule has 3 nitrogen and oxygen atoms in total. The van der Waals surface area contributed by atoms with Gasteiger partial charge in [-0.25, -0.2) is 0 Å². The third-order valence-corrected chi connectivity index (χ3v) is 2.44. The molecule has 0 bridgehead atoms. The van der Waals surface area contributed by atoms with Gasteiger partial charge < -0.3 is 9.47 Å². The Morgan fingerprint density at radius 3 is 3.17 bits per heavy atom. The molecule has 0 aromatic rings. The summed E-state index contributed by atoms with van der Waals surface area (Å²) in [4.78, 5) is 11.2. The summed E-state index contributed by atoms with van der Waals surface area (Å²) in [6, 6.07) is 0. The predicted molar refractivity (Wildman–Crippen MR) is 42.6 cm³/mol. The molecule has 2 heterocycles. The van der Waals surface area contributed by atoms with Crippen molar-refractivity contribution in [2.45, 2.75) is 18.9 Å². The molecule has 0 aliphatic carbocycles. The average Bonchev–Trinajstić information content (AvgIpc) is 2.31. The lowest BCUT2D eigenvalue weighted by atomic mass is 9.97. The van der Waals surface area contributed by atoms with Crippen molar-refractivity contribution in [3.05, 3.63) is 12.2 Å². The number of carbonyl (C=O) groups is 1. The van der Waals surface area contributed by atoms with Crippen molar-refractivity contribution in [3.8, 4) is 0 Å². The molecule has 2 saturated heterocycles. The molecule has 12 heavy (non-hydrogen) atoms. The van der Waals surface area contributed by atoms with Crippen LogP contribution in [0.5, 0.6) is 0 Å². The molecule has 0 N–H and O–H groups in total. The van der Waals surface area contributed by atoms with Crippen molar-refractivity contribution >= 4 is 5.97 Å². The maximum Gasteiger partial charge on any atom is 0.312 e. The SMILES string of the molecule is C=C1CCO[C@H]2COC(=O)[C@@H]2C1. The Kier molecular flexibility index (Phi) is 1.89. The van der Waals surface area contributed by atoms with E-state index in [9.17, 15) is 4.79 Å². The lowest BCUT2D eigenvalue weighted by Gasteiger charge is -2.09. The Balaban J connectivity index is 2.13. The molecule has 0 spiro atoms. The van der Waals surface area contributed by atoms with Gasteiger partial charge in [0.15, 0.2) is 0 Å². The number of rotatable bonds is 0. The molecule has 3 heteroatoms. The number of hydrogen-bond acceptors (Lipinski definition) is 3. The smallest absolute Gasteiger partial charge is 0.312 e. The van der Waals surface area contributed by atoms with Gasteiger partial charge in [0.25, 0.3) is 0 Å². The van der Waals surface area contributed by atoms with Crippen LogP contribution in [0.2, 0.25) is 0 Å². The number of hydrogen-bond donors (Lipinski definition) is 0. The molecule has 0 aromatic heterocycles. The van der Waals surface area contributed by atoms with E-state index >= 15 is 0 Å². The minimum absolute atomic E-state index is 0.0169. The molecule has 2 rings (SSSR count). The fourth-order valence-electron chi connectivity index (χ4n) is 1.69. The second-order valence-electron chi connectivity index (χ2n) is 3.35. The van der Waals surface area contributed by atoms with Crippen LogP contribution < -0.4 is 0 Å². The summed E-state index contributed by atoms with van der Waals surface area (Å²) in [7, 11) is 0. The highest BCUT2D eigenvalue weighted by Crippen LogP contribution is 2.29. The van der Waals surface area contributed by atoms with Gasteiger partial charge in [-0.05, 0) is 12.8 Å². The van der Waals surface area contributed by atoms with Gasteiger partial charge in [-0.2, -0.15) is 0 Å². The zero-order valence-electron chi connectivity index (χ0n) is 6.91. The molecule has 2 aliphatic heterocycles. The summed E-state index contributed by atoms with van der Waals surface area (Å²) in [6.07, 6.45) is 1.60. The summed E-state index contributed by atoms with van der Waals surface area (Å²) >= 11 is 0. The van der Waals surface area contributed by atoms with E-state index in [2.05, 4.69) is 6.58 Å². The van der Waals surface area contributed by atoms with Crippen LogP contribution in [0.3, 0.4) is 0 Å². The maximum atomic E-state index is 11.2. The van der Waals surface area contributed by atoms with Crippen LogP contribution in [0.15, 0.2) is 12.2 Å². The Morgan fingerprint density at radius 1 is 1.50 bits per heavy atom. The third-order valence-electron chi connectivity index (χ3n) is 2.44. The average molecular weight is 168 g/mol. The largest absolute Gasteiger partial charge is 0.463 e. The first-order chi connectivity index (χ1) is 5.77. The van der Waals surface area contributed by atoms with Crippen molar-refractivity contribution in [3.63, 3.8) is 0 Å². The highest BCUT2D eigenvalue weighted by atomic mass is 16.6. The van der Waals surface area contributed by atoms with Crippen molar-refractivity contribution in [2.75, 3.05) is 13.2 Å². The van der Waals surface area contributed by atoms with Crippen molar-refractivity contribution < 1.29 is 14.3 Å². The highest BCUT2D eigenvalue weighted by molar-refractivity contribution is 5.75. The van der Waals surface area contributed by atoms with Crippen LogP contribution in [0.4, 0.5) is 0 Å². The van der Waals surface area contributed by atoms with E-state index in [4.69, 9.17) is 9.47 Å². The number of ether oxygens (including phenoxy) is 2. The number of fused-ring (bicyclic) bond motifs is 1. The van der Waals surface area contributed by atoms with E-state index in [-0.39, 0.29) is 18.0 Å². The highest BCUT2D eigenvalue weighted by Gasteiger charge is 2.39. The van der Waals surface area contributed by atoms with Crippen LogP contribution in [0.1, 0.15) is 12.8 Å². The van der Waals surface area contributed by atoms with E-state index in [0.717, 1.165) is 18.4 Å². The third kappa shape index (κ3) is 1.25. The van der Waals surface area contributed by atoms with Gasteiger partial charge in [-0.3, -0.25) is 4.79 Å². The van der Waals surface area contributed by atoms with E-state index in [0.29, 0.717) is 13.2 Å². The van der Waals surface area contributed by atoms with E-state index in [1.165, 1.54) is 0 Å². The normalized spacial score (nSPS) is 35.7. The molecular formula is C9H12O3. The summed E-state index contributed by atoms with van der Waals surface area (Å²) in [5.41, 5.74) is 1.10. The molecule has 0 aromatic carbocycles.